The Labute approximate surface area is 114 Å². The monoisotopic (exact) mass is 266 g/mol. The van der Waals surface area contributed by atoms with Gasteiger partial charge in [-0.1, -0.05) is 0 Å². The highest BCUT2D eigenvalue weighted by Crippen LogP contribution is 2.34. The standard InChI is InChI=1S/C15H22O4/c1-6-18-12-9-8-11(14(16)15(4,5)17)10(3)13(12)19-7-2/h8-9,17H,6-7H2,1-5H3. The number of benzene rings is 1. The van der Waals surface area contributed by atoms with Crippen molar-refractivity contribution in [2.24, 2.45) is 0 Å². The minimum atomic E-state index is -1.40. The molecular formula is C15H22O4. The maximum Gasteiger partial charge on any atom is 0.194 e. The first kappa shape index (κ1) is 15.5. The lowest BCUT2D eigenvalue weighted by molar-refractivity contribution is 0.0486. The van der Waals surface area contributed by atoms with Crippen LogP contribution in [0.1, 0.15) is 43.6 Å². The van der Waals surface area contributed by atoms with Crippen LogP contribution in [0.2, 0.25) is 0 Å². The van der Waals surface area contributed by atoms with Crippen LogP contribution < -0.4 is 9.47 Å². The molecule has 106 valence electrons. The molecule has 0 amide bonds. The van der Waals surface area contributed by atoms with Crippen LogP contribution in [0.4, 0.5) is 0 Å². The molecule has 0 aliphatic heterocycles. The second-order valence-corrected chi connectivity index (χ2v) is 4.82. The third-order valence-corrected chi connectivity index (χ3v) is 2.76. The molecule has 0 atom stereocenters. The molecule has 0 aliphatic carbocycles. The summed E-state index contributed by atoms with van der Waals surface area (Å²) in [6.07, 6.45) is 0. The summed E-state index contributed by atoms with van der Waals surface area (Å²) in [5, 5.41) is 9.84. The predicted molar refractivity (Wildman–Crippen MR) is 74.1 cm³/mol. The Kier molecular flexibility index (Phi) is 4.95. The first-order valence-electron chi connectivity index (χ1n) is 6.49. The Hall–Kier alpha value is -1.55. The van der Waals surface area contributed by atoms with Crippen LogP contribution in [0.5, 0.6) is 11.5 Å². The van der Waals surface area contributed by atoms with Crippen molar-refractivity contribution in [1.82, 2.24) is 0 Å². The Morgan fingerprint density at radius 2 is 1.79 bits per heavy atom. The molecule has 0 bridgehead atoms. The number of ether oxygens (including phenoxy) is 2. The van der Waals surface area contributed by atoms with Crippen molar-refractivity contribution in [3.05, 3.63) is 23.3 Å². The molecule has 4 nitrogen and oxygen atoms in total. The summed E-state index contributed by atoms with van der Waals surface area (Å²) in [5.74, 6) is 0.864. The van der Waals surface area contributed by atoms with E-state index < -0.39 is 5.60 Å². The number of hydrogen-bond donors (Lipinski definition) is 1. The van der Waals surface area contributed by atoms with Gasteiger partial charge in [-0.3, -0.25) is 4.79 Å². The number of Topliss-reactive ketones (excluding diaryl/α,β-unsaturated/α-hetero) is 1. The van der Waals surface area contributed by atoms with E-state index in [1.807, 2.05) is 13.8 Å². The van der Waals surface area contributed by atoms with Crippen LogP contribution in [0.25, 0.3) is 0 Å². The third kappa shape index (κ3) is 3.47. The Morgan fingerprint density at radius 1 is 1.21 bits per heavy atom. The van der Waals surface area contributed by atoms with Crippen molar-refractivity contribution in [1.29, 1.82) is 0 Å². The molecule has 1 aromatic carbocycles. The molecule has 0 heterocycles. The smallest absolute Gasteiger partial charge is 0.194 e. The highest BCUT2D eigenvalue weighted by atomic mass is 16.5. The van der Waals surface area contributed by atoms with Gasteiger partial charge in [-0.05, 0) is 46.8 Å². The van der Waals surface area contributed by atoms with Crippen molar-refractivity contribution in [3.63, 3.8) is 0 Å². The van der Waals surface area contributed by atoms with Gasteiger partial charge in [-0.25, -0.2) is 0 Å². The number of hydrogen-bond acceptors (Lipinski definition) is 4. The lowest BCUT2D eigenvalue weighted by Crippen LogP contribution is -2.31. The number of carbonyl (C=O) groups excluding carboxylic acids is 1. The second kappa shape index (κ2) is 6.06. The molecule has 19 heavy (non-hydrogen) atoms. The number of ketones is 1. The Bertz CT molecular complexity index is 458. The fraction of sp³-hybridized carbons (Fsp3) is 0.533. The molecule has 0 spiro atoms. The molecule has 0 fully saturated rings. The molecule has 4 heteroatoms. The molecule has 0 unspecified atom stereocenters. The van der Waals surface area contributed by atoms with Crippen LogP contribution in [0.15, 0.2) is 12.1 Å². The lowest BCUT2D eigenvalue weighted by atomic mass is 9.93. The van der Waals surface area contributed by atoms with Crippen LogP contribution in [-0.2, 0) is 0 Å². The van der Waals surface area contributed by atoms with Crippen molar-refractivity contribution in [2.75, 3.05) is 13.2 Å². The quantitative estimate of drug-likeness (QED) is 0.804. The maximum atomic E-state index is 12.2. The van der Waals surface area contributed by atoms with Gasteiger partial charge >= 0.3 is 0 Å². The normalized spacial score (nSPS) is 11.3. The van der Waals surface area contributed by atoms with Crippen LogP contribution >= 0.6 is 0 Å². The van der Waals surface area contributed by atoms with E-state index in [9.17, 15) is 9.90 Å². The van der Waals surface area contributed by atoms with E-state index in [2.05, 4.69) is 0 Å². The molecule has 0 saturated heterocycles. The van der Waals surface area contributed by atoms with E-state index in [4.69, 9.17) is 9.47 Å². The first-order valence-corrected chi connectivity index (χ1v) is 6.49. The largest absolute Gasteiger partial charge is 0.490 e. The average Bonchev–Trinajstić information content (AvgIpc) is 2.32. The van der Waals surface area contributed by atoms with E-state index >= 15 is 0 Å². The van der Waals surface area contributed by atoms with Crippen molar-refractivity contribution in [3.8, 4) is 11.5 Å². The maximum absolute atomic E-state index is 12.2. The minimum Gasteiger partial charge on any atom is -0.490 e. The molecule has 0 aliphatic rings. The van der Waals surface area contributed by atoms with E-state index in [1.165, 1.54) is 13.8 Å². The summed E-state index contributed by atoms with van der Waals surface area (Å²) in [7, 11) is 0. The molecule has 0 saturated carbocycles. The molecular weight excluding hydrogens is 244 g/mol. The summed E-state index contributed by atoms with van der Waals surface area (Å²) in [6.45, 7) is 9.53. The van der Waals surface area contributed by atoms with Gasteiger partial charge in [0.05, 0.1) is 13.2 Å². The lowest BCUT2D eigenvalue weighted by Gasteiger charge is -2.20. The van der Waals surface area contributed by atoms with Crippen LogP contribution in [0.3, 0.4) is 0 Å². The minimum absolute atomic E-state index is 0.325. The molecule has 0 radical (unpaired) electrons. The first-order chi connectivity index (χ1) is 8.82. The molecule has 1 aromatic rings. The average molecular weight is 266 g/mol. The number of rotatable bonds is 6. The summed E-state index contributed by atoms with van der Waals surface area (Å²) in [4.78, 5) is 12.2. The highest BCUT2D eigenvalue weighted by Gasteiger charge is 2.28. The SMILES string of the molecule is CCOc1ccc(C(=O)C(C)(C)O)c(C)c1OCC. The van der Waals surface area contributed by atoms with Crippen LogP contribution in [0, 0.1) is 6.92 Å². The zero-order chi connectivity index (χ0) is 14.6. The molecule has 1 rings (SSSR count). The third-order valence-electron chi connectivity index (χ3n) is 2.76. The Morgan fingerprint density at radius 3 is 2.26 bits per heavy atom. The van der Waals surface area contributed by atoms with Crippen molar-refractivity contribution in [2.45, 2.75) is 40.2 Å². The second-order valence-electron chi connectivity index (χ2n) is 4.82. The molecule has 0 aromatic heterocycles. The van der Waals surface area contributed by atoms with Gasteiger partial charge in [-0.15, -0.1) is 0 Å². The summed E-state index contributed by atoms with van der Waals surface area (Å²) < 4.78 is 11.1. The van der Waals surface area contributed by atoms with Crippen molar-refractivity contribution >= 4 is 5.78 Å². The van der Waals surface area contributed by atoms with E-state index in [1.54, 1.807) is 19.1 Å². The fourth-order valence-electron chi connectivity index (χ4n) is 1.84. The predicted octanol–water partition coefficient (Wildman–Crippen LogP) is 2.75. The number of aliphatic hydroxyl groups is 1. The van der Waals surface area contributed by atoms with Crippen molar-refractivity contribution < 1.29 is 19.4 Å². The summed E-state index contributed by atoms with van der Waals surface area (Å²) >= 11 is 0. The van der Waals surface area contributed by atoms with Gasteiger partial charge in [-0.2, -0.15) is 0 Å². The van der Waals surface area contributed by atoms with E-state index in [-0.39, 0.29) is 5.78 Å². The van der Waals surface area contributed by atoms with E-state index in [0.717, 1.165) is 0 Å². The van der Waals surface area contributed by atoms with E-state index in [0.29, 0.717) is 35.8 Å². The van der Waals surface area contributed by atoms with Gasteiger partial charge in [0, 0.05) is 11.1 Å². The molecule has 1 N–H and O–H groups in total. The zero-order valence-corrected chi connectivity index (χ0v) is 12.2. The summed E-state index contributed by atoms with van der Waals surface area (Å²) in [6, 6.07) is 3.38. The number of carbonyl (C=O) groups is 1. The van der Waals surface area contributed by atoms with Gasteiger partial charge in [0.25, 0.3) is 0 Å². The topological polar surface area (TPSA) is 55.8 Å². The van der Waals surface area contributed by atoms with Crippen LogP contribution in [-0.4, -0.2) is 29.7 Å². The van der Waals surface area contributed by atoms with Gasteiger partial charge < -0.3 is 14.6 Å². The highest BCUT2D eigenvalue weighted by molar-refractivity contribution is 6.03. The summed E-state index contributed by atoms with van der Waals surface area (Å²) in [5.41, 5.74) is -0.249. The van der Waals surface area contributed by atoms with Gasteiger partial charge in [0.2, 0.25) is 0 Å². The Balaban J connectivity index is 3.30. The van der Waals surface area contributed by atoms with Gasteiger partial charge in [0.15, 0.2) is 17.3 Å². The zero-order valence-electron chi connectivity index (χ0n) is 12.2. The van der Waals surface area contributed by atoms with Gasteiger partial charge in [0.1, 0.15) is 5.60 Å². The fourth-order valence-corrected chi connectivity index (χ4v) is 1.84.